The van der Waals surface area contributed by atoms with E-state index in [1.807, 2.05) is 0 Å². The summed E-state index contributed by atoms with van der Waals surface area (Å²) in [7, 11) is -3.35. The van der Waals surface area contributed by atoms with Gasteiger partial charge in [0.25, 0.3) is 0 Å². The van der Waals surface area contributed by atoms with Gasteiger partial charge in [0.2, 0.25) is 0 Å². The van der Waals surface area contributed by atoms with E-state index in [9.17, 15) is 17.6 Å². The molecule has 0 saturated carbocycles. The first-order valence-electron chi connectivity index (χ1n) is 6.10. The molecule has 1 aromatic heterocycles. The molecule has 3 rings (SSSR count). The van der Waals surface area contributed by atoms with E-state index in [1.54, 1.807) is 0 Å². The van der Waals surface area contributed by atoms with Crippen molar-refractivity contribution in [2.45, 2.75) is 24.6 Å². The quantitative estimate of drug-likeness (QED) is 0.864. The molecule has 0 spiro atoms. The molecule has 7 heteroatoms. The number of imidazole rings is 1. The molecular weight excluding hydrogens is 271 g/mol. The molecule has 1 aromatic carbocycles. The Morgan fingerprint density at radius 2 is 2.11 bits per heavy atom. The van der Waals surface area contributed by atoms with Gasteiger partial charge in [0.1, 0.15) is 11.2 Å². The Kier molecular flexibility index (Phi) is 2.74. The molecule has 1 aliphatic rings. The van der Waals surface area contributed by atoms with Gasteiger partial charge < -0.3 is 4.98 Å². The zero-order valence-electron chi connectivity index (χ0n) is 10.1. The minimum absolute atomic E-state index is 0.0755. The number of aromatic amines is 1. The zero-order valence-corrected chi connectivity index (χ0v) is 10.9. The topological polar surface area (TPSA) is 71.9 Å². The second-order valence-electron chi connectivity index (χ2n) is 4.78. The number of fused-ring (bicyclic) bond motifs is 1. The van der Waals surface area contributed by atoms with Crippen molar-refractivity contribution in [1.29, 1.82) is 0 Å². The van der Waals surface area contributed by atoms with E-state index in [1.165, 1.54) is 22.8 Å². The molecule has 1 N–H and O–H groups in total. The number of nitrogens with one attached hydrogen (secondary N) is 1. The number of sulfone groups is 1. The smallest absolute Gasteiger partial charge is 0.306 e. The van der Waals surface area contributed by atoms with Crippen molar-refractivity contribution < 1.29 is 12.8 Å². The normalized spacial score (nSPS) is 22.7. The van der Waals surface area contributed by atoms with Crippen LogP contribution in [0.15, 0.2) is 23.0 Å². The molecule has 1 aliphatic heterocycles. The molecule has 0 amide bonds. The van der Waals surface area contributed by atoms with E-state index >= 15 is 0 Å². The first-order chi connectivity index (χ1) is 8.99. The van der Waals surface area contributed by atoms with Gasteiger partial charge in [0, 0.05) is 0 Å². The average molecular weight is 284 g/mol. The third-order valence-electron chi connectivity index (χ3n) is 3.51. The van der Waals surface area contributed by atoms with E-state index in [2.05, 4.69) is 4.98 Å². The van der Waals surface area contributed by atoms with Crippen LogP contribution in [-0.4, -0.2) is 23.7 Å². The Hall–Kier alpha value is -1.63. The summed E-state index contributed by atoms with van der Waals surface area (Å²) in [4.78, 5) is 14.5. The number of hydrogen-bond donors (Lipinski definition) is 1. The number of nitrogens with zero attached hydrogens (tertiary/aromatic N) is 1. The summed E-state index contributed by atoms with van der Waals surface area (Å²) in [6.45, 7) is 0. The fourth-order valence-corrected chi connectivity index (χ4v) is 4.54. The largest absolute Gasteiger partial charge is 0.327 e. The number of H-pyrrole nitrogens is 1. The van der Waals surface area contributed by atoms with Gasteiger partial charge in [-0.2, -0.15) is 0 Å². The lowest BCUT2D eigenvalue weighted by atomic mass is 10.2. The Bertz CT molecular complexity index is 791. The molecule has 1 unspecified atom stereocenters. The van der Waals surface area contributed by atoms with E-state index < -0.39 is 26.7 Å². The van der Waals surface area contributed by atoms with Crippen molar-refractivity contribution >= 4 is 20.9 Å². The van der Waals surface area contributed by atoms with E-state index in [4.69, 9.17) is 0 Å². The number of rotatable bonds is 1. The highest BCUT2D eigenvalue weighted by atomic mass is 32.2. The van der Waals surface area contributed by atoms with Crippen LogP contribution in [0.5, 0.6) is 0 Å². The Labute approximate surface area is 109 Å². The van der Waals surface area contributed by atoms with Crippen LogP contribution >= 0.6 is 0 Å². The number of benzene rings is 1. The molecule has 0 aliphatic carbocycles. The van der Waals surface area contributed by atoms with Crippen LogP contribution in [0.1, 0.15) is 24.6 Å². The number of halogens is 1. The van der Waals surface area contributed by atoms with Gasteiger partial charge in [-0.3, -0.25) is 4.57 Å². The van der Waals surface area contributed by atoms with Crippen molar-refractivity contribution in [2.24, 2.45) is 0 Å². The predicted octanol–water partition coefficient (Wildman–Crippen LogP) is 1.57. The fourth-order valence-electron chi connectivity index (χ4n) is 2.61. The summed E-state index contributed by atoms with van der Waals surface area (Å²) in [5.74, 6) is -0.417. The van der Waals surface area contributed by atoms with Gasteiger partial charge in [-0.25, -0.2) is 17.6 Å². The maximum atomic E-state index is 13.3. The molecule has 1 atom stereocenters. The second kappa shape index (κ2) is 4.19. The average Bonchev–Trinajstić information content (AvgIpc) is 2.65. The first-order valence-corrected chi connectivity index (χ1v) is 7.82. The van der Waals surface area contributed by atoms with Crippen molar-refractivity contribution in [2.75, 3.05) is 5.75 Å². The molecule has 1 saturated heterocycles. The summed E-state index contributed by atoms with van der Waals surface area (Å²) in [5, 5.41) is -0.885. The van der Waals surface area contributed by atoms with Crippen LogP contribution in [-0.2, 0) is 9.84 Å². The van der Waals surface area contributed by atoms with Crippen LogP contribution in [0.3, 0.4) is 0 Å². The van der Waals surface area contributed by atoms with Gasteiger partial charge in [-0.1, -0.05) is 0 Å². The third kappa shape index (κ3) is 1.98. The summed E-state index contributed by atoms with van der Waals surface area (Å²) in [6, 6.07) is 3.87. The summed E-state index contributed by atoms with van der Waals surface area (Å²) in [6.07, 6.45) is 1.76. The van der Waals surface area contributed by atoms with Crippen molar-refractivity contribution in [1.82, 2.24) is 9.55 Å². The minimum atomic E-state index is -3.35. The van der Waals surface area contributed by atoms with E-state index in [0.717, 1.165) is 6.42 Å². The summed E-state index contributed by atoms with van der Waals surface area (Å²) >= 11 is 0. The molecule has 0 bridgehead atoms. The van der Waals surface area contributed by atoms with Crippen LogP contribution in [0.4, 0.5) is 4.39 Å². The predicted molar refractivity (Wildman–Crippen MR) is 69.2 cm³/mol. The lowest BCUT2D eigenvalue weighted by molar-refractivity contribution is 0.490. The number of aromatic nitrogens is 2. The molecular formula is C12H13FN2O3S. The monoisotopic (exact) mass is 284 g/mol. The van der Waals surface area contributed by atoms with Gasteiger partial charge >= 0.3 is 5.69 Å². The van der Waals surface area contributed by atoms with Gasteiger partial charge in [-0.15, -0.1) is 0 Å². The standard InChI is InChI=1S/C12H13FN2O3S/c13-8-4-5-9-10(7-8)15(12(16)14-9)11-3-1-2-6-19(11,17)18/h4-5,7,11H,1-3,6H2,(H,14,16). The van der Waals surface area contributed by atoms with Crippen LogP contribution in [0, 0.1) is 5.82 Å². The lowest BCUT2D eigenvalue weighted by Crippen LogP contribution is -2.32. The second-order valence-corrected chi connectivity index (χ2v) is 7.06. The highest BCUT2D eigenvalue weighted by molar-refractivity contribution is 7.91. The van der Waals surface area contributed by atoms with Crippen molar-refractivity contribution in [3.05, 3.63) is 34.5 Å². The Balaban J connectivity index is 2.27. The highest BCUT2D eigenvalue weighted by Crippen LogP contribution is 2.30. The maximum Gasteiger partial charge on any atom is 0.327 e. The molecule has 1 fully saturated rings. The van der Waals surface area contributed by atoms with Crippen LogP contribution < -0.4 is 5.69 Å². The van der Waals surface area contributed by atoms with Crippen LogP contribution in [0.25, 0.3) is 11.0 Å². The summed E-state index contributed by atoms with van der Waals surface area (Å²) < 4.78 is 38.7. The fraction of sp³-hybridized carbons (Fsp3) is 0.417. The molecule has 2 heterocycles. The van der Waals surface area contributed by atoms with Gasteiger partial charge in [-0.05, 0) is 37.5 Å². The lowest BCUT2D eigenvalue weighted by Gasteiger charge is -2.23. The van der Waals surface area contributed by atoms with Crippen molar-refractivity contribution in [3.63, 3.8) is 0 Å². The molecule has 19 heavy (non-hydrogen) atoms. The van der Waals surface area contributed by atoms with E-state index in [0.29, 0.717) is 23.9 Å². The van der Waals surface area contributed by atoms with Crippen LogP contribution in [0.2, 0.25) is 0 Å². The summed E-state index contributed by atoms with van der Waals surface area (Å²) in [5.41, 5.74) is 0.253. The third-order valence-corrected chi connectivity index (χ3v) is 5.65. The molecule has 102 valence electrons. The molecule has 2 aromatic rings. The van der Waals surface area contributed by atoms with Gasteiger partial charge in [0.05, 0.1) is 16.8 Å². The zero-order chi connectivity index (χ0) is 13.6. The molecule has 5 nitrogen and oxygen atoms in total. The Morgan fingerprint density at radius 1 is 1.32 bits per heavy atom. The van der Waals surface area contributed by atoms with E-state index in [-0.39, 0.29) is 5.75 Å². The highest BCUT2D eigenvalue weighted by Gasteiger charge is 2.32. The number of hydrogen-bond acceptors (Lipinski definition) is 3. The SMILES string of the molecule is O=c1[nH]c2ccc(F)cc2n1C1CCCCS1(=O)=O. The van der Waals surface area contributed by atoms with Gasteiger partial charge in [0.15, 0.2) is 9.84 Å². The van der Waals surface area contributed by atoms with Crippen molar-refractivity contribution in [3.8, 4) is 0 Å². The molecule has 0 radical (unpaired) electrons. The Morgan fingerprint density at radius 3 is 2.84 bits per heavy atom. The maximum absolute atomic E-state index is 13.3. The minimum Gasteiger partial charge on any atom is -0.306 e. The first kappa shape index (κ1) is 12.4.